The van der Waals surface area contributed by atoms with Crippen LogP contribution in [0.15, 0.2) is 36.7 Å². The fraction of sp³-hybridized carbons (Fsp3) is 0.444. The summed E-state index contributed by atoms with van der Waals surface area (Å²) in [6.07, 6.45) is 5.83. The average molecular weight is 347 g/mol. The summed E-state index contributed by atoms with van der Waals surface area (Å²) in [7, 11) is 0. The van der Waals surface area contributed by atoms with Gasteiger partial charge in [-0.15, -0.1) is 0 Å². The first kappa shape index (κ1) is 17.0. The summed E-state index contributed by atoms with van der Waals surface area (Å²) in [6.45, 7) is 4.31. The highest BCUT2D eigenvalue weighted by Gasteiger charge is 2.19. The third kappa shape index (κ3) is 4.58. The van der Waals surface area contributed by atoms with Crippen molar-refractivity contribution in [3.63, 3.8) is 0 Å². The zero-order valence-electron chi connectivity index (χ0n) is 13.7. The Labute approximate surface area is 147 Å². The van der Waals surface area contributed by atoms with Crippen molar-refractivity contribution in [2.24, 2.45) is 0 Å². The molecule has 24 heavy (non-hydrogen) atoms. The lowest BCUT2D eigenvalue weighted by Crippen LogP contribution is -2.35. The fourth-order valence-electron chi connectivity index (χ4n) is 3.08. The minimum absolute atomic E-state index is 0.217. The van der Waals surface area contributed by atoms with E-state index in [4.69, 9.17) is 11.6 Å². The van der Waals surface area contributed by atoms with Crippen molar-refractivity contribution < 1.29 is 4.79 Å². The molecule has 1 fully saturated rings. The minimum atomic E-state index is 0.217. The standard InChI is InChI=1S/C18H23ClN4O/c19-16-5-2-1-4-15(16)6-7-18(24)23-11-3-10-22(12-13-23)14-17-20-8-9-21-17/h1-2,4-5,8-9H,3,6-7,10-14H2,(H,20,21). The highest BCUT2D eigenvalue weighted by Crippen LogP contribution is 2.17. The monoisotopic (exact) mass is 346 g/mol. The van der Waals surface area contributed by atoms with Gasteiger partial charge in [-0.2, -0.15) is 0 Å². The number of hydrogen-bond acceptors (Lipinski definition) is 3. The molecule has 0 radical (unpaired) electrons. The average Bonchev–Trinajstić information content (AvgIpc) is 2.98. The van der Waals surface area contributed by atoms with Crippen LogP contribution in [0.3, 0.4) is 0 Å². The largest absolute Gasteiger partial charge is 0.348 e. The smallest absolute Gasteiger partial charge is 0.222 e. The minimum Gasteiger partial charge on any atom is -0.348 e. The molecule has 1 saturated heterocycles. The van der Waals surface area contributed by atoms with Gasteiger partial charge >= 0.3 is 0 Å². The van der Waals surface area contributed by atoms with Gasteiger partial charge in [-0.3, -0.25) is 9.69 Å². The molecule has 0 spiro atoms. The Bertz CT molecular complexity index is 659. The van der Waals surface area contributed by atoms with Crippen LogP contribution in [-0.2, 0) is 17.8 Å². The third-order valence-electron chi connectivity index (χ3n) is 4.44. The van der Waals surface area contributed by atoms with E-state index < -0.39 is 0 Å². The number of imidazole rings is 1. The predicted molar refractivity (Wildman–Crippen MR) is 94.8 cm³/mol. The second-order valence-electron chi connectivity index (χ2n) is 6.14. The molecule has 0 saturated carbocycles. The first-order valence-electron chi connectivity index (χ1n) is 8.44. The van der Waals surface area contributed by atoms with Gasteiger partial charge in [0.25, 0.3) is 0 Å². The summed E-state index contributed by atoms with van der Waals surface area (Å²) in [5.74, 6) is 1.20. The summed E-state index contributed by atoms with van der Waals surface area (Å²) < 4.78 is 0. The number of nitrogens with one attached hydrogen (secondary N) is 1. The van der Waals surface area contributed by atoms with Crippen LogP contribution in [0.1, 0.15) is 24.2 Å². The lowest BCUT2D eigenvalue weighted by molar-refractivity contribution is -0.131. The molecule has 0 unspecified atom stereocenters. The number of hydrogen-bond donors (Lipinski definition) is 1. The van der Waals surface area contributed by atoms with Crippen molar-refractivity contribution in [1.29, 1.82) is 0 Å². The zero-order valence-corrected chi connectivity index (χ0v) is 14.5. The Balaban J connectivity index is 1.48. The molecule has 5 nitrogen and oxygen atoms in total. The molecule has 0 atom stereocenters. The number of nitrogens with zero attached hydrogens (tertiary/aromatic N) is 3. The van der Waals surface area contributed by atoms with Crippen LogP contribution in [0.5, 0.6) is 0 Å². The van der Waals surface area contributed by atoms with Gasteiger partial charge in [0.15, 0.2) is 0 Å². The zero-order chi connectivity index (χ0) is 16.8. The molecule has 1 amide bonds. The summed E-state index contributed by atoms with van der Waals surface area (Å²) in [5.41, 5.74) is 1.04. The highest BCUT2D eigenvalue weighted by atomic mass is 35.5. The molecule has 128 valence electrons. The van der Waals surface area contributed by atoms with E-state index in [1.54, 1.807) is 6.20 Å². The highest BCUT2D eigenvalue weighted by molar-refractivity contribution is 6.31. The predicted octanol–water partition coefficient (Wildman–Crippen LogP) is 2.73. The molecular weight excluding hydrogens is 324 g/mol. The van der Waals surface area contributed by atoms with Crippen molar-refractivity contribution in [2.75, 3.05) is 26.2 Å². The molecule has 3 rings (SSSR count). The first-order chi connectivity index (χ1) is 11.7. The first-order valence-corrected chi connectivity index (χ1v) is 8.82. The van der Waals surface area contributed by atoms with Crippen LogP contribution in [0.4, 0.5) is 0 Å². The van der Waals surface area contributed by atoms with Crippen LogP contribution >= 0.6 is 11.6 Å². The number of carbonyl (C=O) groups excluding carboxylic acids is 1. The summed E-state index contributed by atoms with van der Waals surface area (Å²) >= 11 is 6.17. The SMILES string of the molecule is O=C(CCc1ccccc1Cl)N1CCCN(Cc2ncc[nH]2)CC1. The number of carbonyl (C=O) groups is 1. The summed E-state index contributed by atoms with van der Waals surface area (Å²) in [5, 5.41) is 0.741. The molecule has 2 heterocycles. The molecule has 1 aliphatic rings. The van der Waals surface area contributed by atoms with E-state index in [0.29, 0.717) is 12.8 Å². The van der Waals surface area contributed by atoms with Crippen molar-refractivity contribution in [1.82, 2.24) is 19.8 Å². The quantitative estimate of drug-likeness (QED) is 0.905. The van der Waals surface area contributed by atoms with Crippen LogP contribution in [0.2, 0.25) is 5.02 Å². The van der Waals surface area contributed by atoms with Gasteiger partial charge in [0, 0.05) is 50.0 Å². The van der Waals surface area contributed by atoms with E-state index in [1.807, 2.05) is 35.4 Å². The normalized spacial score (nSPS) is 16.1. The van der Waals surface area contributed by atoms with Crippen LogP contribution in [0, 0.1) is 0 Å². The number of amides is 1. The van der Waals surface area contributed by atoms with Crippen LogP contribution < -0.4 is 0 Å². The van der Waals surface area contributed by atoms with Gasteiger partial charge < -0.3 is 9.88 Å². The van der Waals surface area contributed by atoms with Gasteiger partial charge in [-0.1, -0.05) is 29.8 Å². The third-order valence-corrected chi connectivity index (χ3v) is 4.80. The molecule has 1 aliphatic heterocycles. The Hall–Kier alpha value is -1.85. The van der Waals surface area contributed by atoms with Crippen molar-refractivity contribution >= 4 is 17.5 Å². The van der Waals surface area contributed by atoms with Crippen molar-refractivity contribution in [2.45, 2.75) is 25.8 Å². The summed E-state index contributed by atoms with van der Waals surface area (Å²) in [6, 6.07) is 7.74. The number of halogens is 1. The number of benzene rings is 1. The number of aromatic nitrogens is 2. The van der Waals surface area contributed by atoms with Crippen molar-refractivity contribution in [3.8, 4) is 0 Å². The molecule has 1 N–H and O–H groups in total. The maximum atomic E-state index is 12.5. The van der Waals surface area contributed by atoms with Gasteiger partial charge in [0.05, 0.1) is 6.54 Å². The van der Waals surface area contributed by atoms with Gasteiger partial charge in [0.1, 0.15) is 5.82 Å². The number of aromatic amines is 1. The number of H-pyrrole nitrogens is 1. The van der Waals surface area contributed by atoms with Gasteiger partial charge in [-0.05, 0) is 24.5 Å². The van der Waals surface area contributed by atoms with Gasteiger partial charge in [0.2, 0.25) is 5.91 Å². The van der Waals surface area contributed by atoms with E-state index in [2.05, 4.69) is 14.9 Å². The lowest BCUT2D eigenvalue weighted by Gasteiger charge is -2.21. The van der Waals surface area contributed by atoms with Crippen molar-refractivity contribution in [3.05, 3.63) is 53.1 Å². The Morgan fingerprint density at radius 2 is 2.08 bits per heavy atom. The Kier molecular flexibility index (Phi) is 5.88. The lowest BCUT2D eigenvalue weighted by atomic mass is 10.1. The van der Waals surface area contributed by atoms with Crippen LogP contribution in [-0.4, -0.2) is 51.9 Å². The molecule has 0 aliphatic carbocycles. The van der Waals surface area contributed by atoms with E-state index in [9.17, 15) is 4.79 Å². The molecule has 2 aromatic rings. The second kappa shape index (κ2) is 8.31. The Morgan fingerprint density at radius 3 is 2.88 bits per heavy atom. The maximum absolute atomic E-state index is 12.5. The molecular formula is C18H23ClN4O. The topological polar surface area (TPSA) is 52.2 Å². The maximum Gasteiger partial charge on any atom is 0.222 e. The molecule has 6 heteroatoms. The molecule has 1 aromatic carbocycles. The number of aryl methyl sites for hydroxylation is 1. The molecule has 1 aromatic heterocycles. The van der Waals surface area contributed by atoms with E-state index in [1.165, 1.54) is 0 Å². The van der Waals surface area contributed by atoms with E-state index in [0.717, 1.165) is 55.6 Å². The van der Waals surface area contributed by atoms with E-state index in [-0.39, 0.29) is 5.91 Å². The summed E-state index contributed by atoms with van der Waals surface area (Å²) in [4.78, 5) is 24.3. The van der Waals surface area contributed by atoms with Crippen LogP contribution in [0.25, 0.3) is 0 Å². The second-order valence-corrected chi connectivity index (χ2v) is 6.54. The number of rotatable bonds is 5. The van der Waals surface area contributed by atoms with Gasteiger partial charge in [-0.25, -0.2) is 4.98 Å². The molecule has 0 bridgehead atoms. The van der Waals surface area contributed by atoms with E-state index >= 15 is 0 Å². The fourth-order valence-corrected chi connectivity index (χ4v) is 3.31. The Morgan fingerprint density at radius 1 is 1.21 bits per heavy atom.